The number of hydrogen-bond donors (Lipinski definition) is 2. The highest BCUT2D eigenvalue weighted by molar-refractivity contribution is 7.91. The Morgan fingerprint density at radius 3 is 2.33 bits per heavy atom. The standard InChI is InChI=1S/C17H24N4O6S3/c1-12-17(13(2)21(20-12)15-8-10-28(22,23)11-15)30(26,27)19-9-7-14-3-5-16(6-4-14)29(18,24)25/h3-6,15,19H,7-11H2,1-2H3,(H2,18,24,25). The van der Waals surface area contributed by atoms with Crippen LogP contribution in [0.15, 0.2) is 34.1 Å². The second-order valence-corrected chi connectivity index (χ2v) is 12.8. The van der Waals surface area contributed by atoms with Crippen molar-refractivity contribution in [2.24, 2.45) is 5.14 Å². The molecule has 1 unspecified atom stereocenters. The van der Waals surface area contributed by atoms with E-state index in [1.165, 1.54) is 16.8 Å². The van der Waals surface area contributed by atoms with Crippen LogP contribution >= 0.6 is 0 Å². The van der Waals surface area contributed by atoms with E-state index < -0.39 is 29.9 Å². The summed E-state index contributed by atoms with van der Waals surface area (Å²) in [5.74, 6) is 0.0248. The van der Waals surface area contributed by atoms with Gasteiger partial charge in [0.2, 0.25) is 20.0 Å². The molecule has 3 N–H and O–H groups in total. The maximum absolute atomic E-state index is 12.8. The highest BCUT2D eigenvalue weighted by atomic mass is 32.2. The topological polar surface area (TPSA) is 158 Å². The molecule has 2 heterocycles. The van der Waals surface area contributed by atoms with E-state index in [0.717, 1.165) is 5.56 Å². The minimum absolute atomic E-state index is 0.0144. The predicted octanol–water partition coefficient (Wildman–Crippen LogP) is 0.0279. The van der Waals surface area contributed by atoms with Gasteiger partial charge >= 0.3 is 0 Å². The number of hydrogen-bond acceptors (Lipinski definition) is 7. The lowest BCUT2D eigenvalue weighted by atomic mass is 10.2. The highest BCUT2D eigenvalue weighted by Crippen LogP contribution is 2.28. The molecule has 0 bridgehead atoms. The Balaban J connectivity index is 1.72. The molecule has 1 aliphatic heterocycles. The largest absolute Gasteiger partial charge is 0.264 e. The summed E-state index contributed by atoms with van der Waals surface area (Å²) in [6.45, 7) is 3.29. The van der Waals surface area contributed by atoms with Crippen LogP contribution in [0.2, 0.25) is 0 Å². The predicted molar refractivity (Wildman–Crippen MR) is 111 cm³/mol. The lowest BCUT2D eigenvalue weighted by Crippen LogP contribution is -2.27. The maximum atomic E-state index is 12.8. The van der Waals surface area contributed by atoms with Crippen molar-refractivity contribution in [2.45, 2.75) is 42.5 Å². The van der Waals surface area contributed by atoms with Crippen LogP contribution in [0.5, 0.6) is 0 Å². The monoisotopic (exact) mass is 476 g/mol. The molecule has 0 aliphatic carbocycles. The molecule has 166 valence electrons. The van der Waals surface area contributed by atoms with Gasteiger partial charge in [0, 0.05) is 6.54 Å². The average Bonchev–Trinajstić information content (AvgIpc) is 3.13. The molecule has 0 spiro atoms. The molecule has 1 aliphatic rings. The minimum Gasteiger partial charge on any atom is -0.264 e. The van der Waals surface area contributed by atoms with E-state index in [1.54, 1.807) is 26.0 Å². The number of sulfonamides is 2. The molecule has 1 aromatic carbocycles. The number of nitrogens with two attached hydrogens (primary N) is 1. The summed E-state index contributed by atoms with van der Waals surface area (Å²) in [6.07, 6.45) is 0.753. The molecule has 0 saturated carbocycles. The van der Waals surface area contributed by atoms with Crippen LogP contribution < -0.4 is 9.86 Å². The first kappa shape index (κ1) is 22.9. The van der Waals surface area contributed by atoms with Crippen molar-refractivity contribution < 1.29 is 25.3 Å². The van der Waals surface area contributed by atoms with Crippen LogP contribution in [0.25, 0.3) is 0 Å². The van der Waals surface area contributed by atoms with Crippen LogP contribution in [0, 0.1) is 13.8 Å². The Morgan fingerprint density at radius 2 is 1.80 bits per heavy atom. The molecule has 1 saturated heterocycles. The summed E-state index contributed by atoms with van der Waals surface area (Å²) < 4.78 is 75.8. The van der Waals surface area contributed by atoms with Gasteiger partial charge in [-0.1, -0.05) is 12.1 Å². The van der Waals surface area contributed by atoms with Crippen molar-refractivity contribution in [2.75, 3.05) is 18.1 Å². The zero-order valence-corrected chi connectivity index (χ0v) is 19.0. The SMILES string of the molecule is Cc1nn(C2CCS(=O)(=O)C2)c(C)c1S(=O)(=O)NCCc1ccc(S(N)(=O)=O)cc1. The summed E-state index contributed by atoms with van der Waals surface area (Å²) in [7, 11) is -10.8. The summed E-state index contributed by atoms with van der Waals surface area (Å²) in [5, 5.41) is 9.35. The van der Waals surface area contributed by atoms with Crippen molar-refractivity contribution in [1.82, 2.24) is 14.5 Å². The second kappa shape index (κ2) is 8.04. The van der Waals surface area contributed by atoms with E-state index in [-0.39, 0.29) is 33.9 Å². The smallest absolute Gasteiger partial charge is 0.244 e. The molecular formula is C17H24N4O6S3. The number of primary sulfonamides is 1. The molecule has 1 fully saturated rings. The van der Waals surface area contributed by atoms with Crippen LogP contribution in [0.4, 0.5) is 0 Å². The molecule has 0 amide bonds. The van der Waals surface area contributed by atoms with Gasteiger partial charge in [-0.15, -0.1) is 0 Å². The summed E-state index contributed by atoms with van der Waals surface area (Å²) in [4.78, 5) is 0.0378. The Morgan fingerprint density at radius 1 is 1.17 bits per heavy atom. The zero-order chi connectivity index (χ0) is 22.3. The van der Waals surface area contributed by atoms with Gasteiger partial charge in [-0.25, -0.2) is 35.1 Å². The summed E-state index contributed by atoms with van der Waals surface area (Å²) >= 11 is 0. The first-order valence-electron chi connectivity index (χ1n) is 9.18. The number of aromatic nitrogens is 2. The first-order chi connectivity index (χ1) is 13.8. The third-order valence-electron chi connectivity index (χ3n) is 5.04. The van der Waals surface area contributed by atoms with Gasteiger partial charge in [0.15, 0.2) is 9.84 Å². The van der Waals surface area contributed by atoms with E-state index in [9.17, 15) is 25.3 Å². The molecule has 0 radical (unpaired) electrons. The van der Waals surface area contributed by atoms with Crippen molar-refractivity contribution in [3.8, 4) is 0 Å². The normalized spacial score (nSPS) is 19.2. The van der Waals surface area contributed by atoms with E-state index in [4.69, 9.17) is 5.14 Å². The highest BCUT2D eigenvalue weighted by Gasteiger charge is 2.33. The number of sulfone groups is 1. The third kappa shape index (κ3) is 4.91. The fourth-order valence-corrected chi connectivity index (χ4v) is 7.24. The van der Waals surface area contributed by atoms with Crippen molar-refractivity contribution in [1.29, 1.82) is 0 Å². The van der Waals surface area contributed by atoms with Gasteiger partial charge in [0.1, 0.15) is 4.90 Å². The van der Waals surface area contributed by atoms with E-state index >= 15 is 0 Å². The molecular weight excluding hydrogens is 452 g/mol. The number of benzene rings is 1. The number of rotatable bonds is 7. The maximum Gasteiger partial charge on any atom is 0.244 e. The lowest BCUT2D eigenvalue weighted by Gasteiger charge is -2.12. The number of aryl methyl sites for hydroxylation is 1. The van der Waals surface area contributed by atoms with E-state index in [2.05, 4.69) is 9.82 Å². The Hall–Kier alpha value is -1.80. The molecule has 1 atom stereocenters. The Labute approximate surface area is 176 Å². The summed E-state index contributed by atoms with van der Waals surface area (Å²) in [5.41, 5.74) is 1.45. The third-order valence-corrected chi connectivity index (χ3v) is 9.43. The van der Waals surface area contributed by atoms with Crippen LogP contribution in [0.3, 0.4) is 0 Å². The quantitative estimate of drug-likeness (QED) is 0.570. The van der Waals surface area contributed by atoms with Crippen molar-refractivity contribution in [3.05, 3.63) is 41.2 Å². The van der Waals surface area contributed by atoms with Crippen molar-refractivity contribution >= 4 is 29.9 Å². The average molecular weight is 477 g/mol. The molecule has 2 aromatic rings. The van der Waals surface area contributed by atoms with Crippen LogP contribution in [-0.4, -0.2) is 53.1 Å². The van der Waals surface area contributed by atoms with Gasteiger partial charge in [-0.2, -0.15) is 5.10 Å². The minimum atomic E-state index is -3.86. The molecule has 3 rings (SSSR count). The lowest BCUT2D eigenvalue weighted by molar-refractivity contribution is 0.484. The van der Waals surface area contributed by atoms with Gasteiger partial charge in [-0.3, -0.25) is 4.68 Å². The van der Waals surface area contributed by atoms with E-state index in [1.807, 2.05) is 0 Å². The van der Waals surface area contributed by atoms with Crippen molar-refractivity contribution in [3.63, 3.8) is 0 Å². The fraction of sp³-hybridized carbons (Fsp3) is 0.471. The second-order valence-electron chi connectivity index (χ2n) is 7.34. The Bertz CT molecular complexity index is 1260. The van der Waals surface area contributed by atoms with E-state index in [0.29, 0.717) is 24.2 Å². The van der Waals surface area contributed by atoms with Crippen LogP contribution in [-0.2, 0) is 36.3 Å². The molecule has 1 aromatic heterocycles. The fourth-order valence-electron chi connectivity index (χ4n) is 3.61. The van der Waals surface area contributed by atoms with Gasteiger partial charge < -0.3 is 0 Å². The van der Waals surface area contributed by atoms with Crippen LogP contribution in [0.1, 0.15) is 29.4 Å². The Kier molecular flexibility index (Phi) is 6.13. The molecule has 30 heavy (non-hydrogen) atoms. The van der Waals surface area contributed by atoms with Gasteiger partial charge in [-0.05, 0) is 44.4 Å². The zero-order valence-electron chi connectivity index (χ0n) is 16.6. The number of nitrogens with zero attached hydrogens (tertiary/aromatic N) is 2. The molecule has 10 nitrogen and oxygen atoms in total. The number of nitrogens with one attached hydrogen (secondary N) is 1. The first-order valence-corrected chi connectivity index (χ1v) is 14.0. The van der Waals surface area contributed by atoms with Gasteiger partial charge in [0.05, 0.1) is 33.8 Å². The summed E-state index contributed by atoms with van der Waals surface area (Å²) in [6, 6.07) is 5.52. The van der Waals surface area contributed by atoms with Gasteiger partial charge in [0.25, 0.3) is 0 Å². The molecule has 13 heteroatoms.